The van der Waals surface area contributed by atoms with Gasteiger partial charge in [-0.05, 0) is 37.8 Å². The molecule has 2 saturated heterocycles. The van der Waals surface area contributed by atoms with Gasteiger partial charge in [-0.15, -0.1) is 0 Å². The Morgan fingerprint density at radius 3 is 2.78 bits per heavy atom. The fourth-order valence-corrected chi connectivity index (χ4v) is 5.87. The van der Waals surface area contributed by atoms with Crippen LogP contribution in [0.3, 0.4) is 0 Å². The Balaban J connectivity index is 1.06. The van der Waals surface area contributed by atoms with E-state index in [2.05, 4.69) is 31.6 Å². The summed E-state index contributed by atoms with van der Waals surface area (Å²) in [5.74, 6) is -0.844. The van der Waals surface area contributed by atoms with Gasteiger partial charge < -0.3 is 19.9 Å². The third-order valence-corrected chi connectivity index (χ3v) is 8.56. The van der Waals surface area contributed by atoms with Crippen LogP contribution >= 0.6 is 11.6 Å². The lowest BCUT2D eigenvalue weighted by Crippen LogP contribution is -2.50. The molecule has 11 nitrogen and oxygen atoms in total. The van der Waals surface area contributed by atoms with E-state index in [1.54, 1.807) is 6.20 Å². The van der Waals surface area contributed by atoms with Crippen molar-refractivity contribution in [2.45, 2.75) is 37.8 Å². The van der Waals surface area contributed by atoms with Crippen LogP contribution in [0.2, 0.25) is 5.02 Å². The van der Waals surface area contributed by atoms with Crippen molar-refractivity contribution in [2.24, 2.45) is 11.8 Å². The van der Waals surface area contributed by atoms with Crippen LogP contribution in [0.25, 0.3) is 11.3 Å². The van der Waals surface area contributed by atoms with E-state index in [1.165, 1.54) is 19.2 Å². The first kappa shape index (κ1) is 27.0. The molecule has 1 atom stereocenters. The third-order valence-electron chi connectivity index (χ3n) is 8.23. The number of pyridine rings is 2. The molecule has 3 aromatic rings. The molecule has 3 aliphatic rings. The zero-order valence-electron chi connectivity index (χ0n) is 22.4. The molecule has 5 heterocycles. The Labute approximate surface area is 240 Å². The first-order valence-electron chi connectivity index (χ1n) is 13.4. The van der Waals surface area contributed by atoms with Gasteiger partial charge in [0, 0.05) is 42.7 Å². The van der Waals surface area contributed by atoms with E-state index in [1.807, 2.05) is 15.9 Å². The van der Waals surface area contributed by atoms with Crippen molar-refractivity contribution < 1.29 is 18.7 Å². The maximum Gasteiger partial charge on any atom is 0.272 e. The van der Waals surface area contributed by atoms with Gasteiger partial charge in [-0.2, -0.15) is 10.4 Å². The standard InChI is InChI=1S/C28H28ClFN8O3/c1-41-25-7-19(21(30)12-33-25)22-8-23(36-35-22)27(40)38-5-2-17(9-28(38)3-4-28)26(39)34-13-24-20(29)6-18(11-32-24)37-14-16(10-31)15-37/h6-8,11-12,16-17H,2-5,9,13-15H2,1H3,(H,34,39)(H,35,36)/t17-/m0/s1. The van der Waals surface area contributed by atoms with Crippen molar-refractivity contribution in [2.75, 3.05) is 31.6 Å². The lowest BCUT2D eigenvalue weighted by Gasteiger charge is -2.39. The summed E-state index contributed by atoms with van der Waals surface area (Å²) >= 11 is 6.44. The normalized spacial score (nSPS) is 19.4. The second kappa shape index (κ2) is 10.6. The molecule has 6 rings (SSSR count). The zero-order chi connectivity index (χ0) is 28.7. The van der Waals surface area contributed by atoms with Crippen LogP contribution in [-0.2, 0) is 11.3 Å². The second-order valence-corrected chi connectivity index (χ2v) is 11.2. The Morgan fingerprint density at radius 1 is 1.27 bits per heavy atom. The summed E-state index contributed by atoms with van der Waals surface area (Å²) in [4.78, 5) is 38.7. The average molecular weight is 579 g/mol. The molecule has 212 valence electrons. The van der Waals surface area contributed by atoms with Crippen LogP contribution in [0.5, 0.6) is 5.88 Å². The number of aromatic amines is 1. The highest BCUT2D eigenvalue weighted by Gasteiger charge is 2.54. The van der Waals surface area contributed by atoms with Gasteiger partial charge >= 0.3 is 0 Å². The van der Waals surface area contributed by atoms with Gasteiger partial charge in [-0.3, -0.25) is 19.7 Å². The third kappa shape index (κ3) is 5.17. The molecule has 0 radical (unpaired) electrons. The predicted octanol–water partition coefficient (Wildman–Crippen LogP) is 3.33. The molecule has 1 aliphatic carbocycles. The van der Waals surface area contributed by atoms with Crippen LogP contribution in [0.1, 0.15) is 41.9 Å². The minimum Gasteiger partial charge on any atom is -0.481 e. The van der Waals surface area contributed by atoms with E-state index in [4.69, 9.17) is 21.6 Å². The van der Waals surface area contributed by atoms with E-state index in [0.29, 0.717) is 43.2 Å². The molecule has 13 heteroatoms. The number of carbonyl (C=O) groups excluding carboxylic acids is 2. The highest BCUT2D eigenvalue weighted by Crippen LogP contribution is 2.50. The molecule has 2 aliphatic heterocycles. The molecular formula is C28H28ClFN8O3. The fraction of sp³-hybridized carbons (Fsp3) is 0.429. The van der Waals surface area contributed by atoms with Gasteiger partial charge in [0.25, 0.3) is 5.91 Å². The molecular weight excluding hydrogens is 551 g/mol. The summed E-state index contributed by atoms with van der Waals surface area (Å²) in [6, 6.07) is 7.02. The van der Waals surface area contributed by atoms with Crippen molar-refractivity contribution in [1.29, 1.82) is 5.26 Å². The first-order valence-corrected chi connectivity index (χ1v) is 13.8. The highest BCUT2D eigenvalue weighted by atomic mass is 35.5. The fourth-order valence-electron chi connectivity index (χ4n) is 5.64. The van der Waals surface area contributed by atoms with E-state index in [-0.39, 0.29) is 58.6 Å². The minimum absolute atomic E-state index is 0.0300. The maximum atomic E-state index is 14.4. The Morgan fingerprint density at radius 2 is 2.07 bits per heavy atom. The maximum absolute atomic E-state index is 14.4. The summed E-state index contributed by atoms with van der Waals surface area (Å²) in [6.45, 7) is 1.95. The summed E-state index contributed by atoms with van der Waals surface area (Å²) in [5.41, 5.74) is 1.79. The summed E-state index contributed by atoms with van der Waals surface area (Å²) in [6.07, 6.45) is 5.49. The molecule has 2 amide bonds. The van der Waals surface area contributed by atoms with Crippen molar-refractivity contribution in [3.05, 3.63) is 52.8 Å². The number of likely N-dealkylation sites (tertiary alicyclic amines) is 1. The number of amides is 2. The van der Waals surface area contributed by atoms with Crippen LogP contribution < -0.4 is 15.0 Å². The second-order valence-electron chi connectivity index (χ2n) is 10.8. The number of nitrogens with zero attached hydrogens (tertiary/aromatic N) is 6. The van der Waals surface area contributed by atoms with Crippen LogP contribution in [0.15, 0.2) is 30.6 Å². The number of nitrogens with one attached hydrogen (secondary N) is 2. The number of nitriles is 1. The van der Waals surface area contributed by atoms with Gasteiger partial charge in [0.05, 0.1) is 60.1 Å². The Kier molecular flexibility index (Phi) is 6.99. The Bertz CT molecular complexity index is 1550. The Hall–Kier alpha value is -4.24. The largest absolute Gasteiger partial charge is 0.481 e. The van der Waals surface area contributed by atoms with Gasteiger partial charge in [-0.1, -0.05) is 11.6 Å². The quantitative estimate of drug-likeness (QED) is 0.435. The number of halogens is 2. The number of anilines is 1. The molecule has 41 heavy (non-hydrogen) atoms. The number of hydrogen-bond acceptors (Lipinski definition) is 8. The van der Waals surface area contributed by atoms with Gasteiger partial charge in [0.15, 0.2) is 5.82 Å². The van der Waals surface area contributed by atoms with Gasteiger partial charge in [0.2, 0.25) is 11.8 Å². The number of methoxy groups -OCH3 is 1. The SMILES string of the molecule is COc1cc(-c2cc(C(=O)N3CC[C@H](C(=O)NCc4ncc(N5CC(C#N)C5)cc4Cl)CC34CC4)[nH]n2)c(F)cn1. The van der Waals surface area contributed by atoms with E-state index in [9.17, 15) is 14.0 Å². The summed E-state index contributed by atoms with van der Waals surface area (Å²) in [5, 5.41) is 19.3. The van der Waals surface area contributed by atoms with Gasteiger partial charge in [0.1, 0.15) is 5.69 Å². The number of carbonyl (C=O) groups is 2. The van der Waals surface area contributed by atoms with Crippen molar-refractivity contribution >= 4 is 29.1 Å². The monoisotopic (exact) mass is 578 g/mol. The van der Waals surface area contributed by atoms with Crippen LogP contribution in [0.4, 0.5) is 10.1 Å². The van der Waals surface area contributed by atoms with Crippen LogP contribution in [0, 0.1) is 29.0 Å². The number of aromatic nitrogens is 4. The van der Waals surface area contributed by atoms with Gasteiger partial charge in [-0.25, -0.2) is 9.37 Å². The van der Waals surface area contributed by atoms with Crippen molar-refractivity contribution in [3.63, 3.8) is 0 Å². The topological polar surface area (TPSA) is 140 Å². The molecule has 1 spiro atoms. The average Bonchev–Trinajstić information content (AvgIpc) is 3.52. The van der Waals surface area contributed by atoms with Crippen LogP contribution in [-0.4, -0.2) is 69.2 Å². The first-order chi connectivity index (χ1) is 19.8. The number of ether oxygens (including phenoxy) is 1. The molecule has 0 unspecified atom stereocenters. The molecule has 3 aromatic heterocycles. The van der Waals surface area contributed by atoms with Crippen molar-refractivity contribution in [1.82, 2.24) is 30.4 Å². The number of hydrogen-bond donors (Lipinski definition) is 2. The van der Waals surface area contributed by atoms with E-state index < -0.39 is 5.82 Å². The molecule has 2 N–H and O–H groups in total. The molecule has 3 fully saturated rings. The molecule has 0 bridgehead atoms. The summed E-state index contributed by atoms with van der Waals surface area (Å²) < 4.78 is 19.4. The smallest absolute Gasteiger partial charge is 0.272 e. The highest BCUT2D eigenvalue weighted by molar-refractivity contribution is 6.31. The zero-order valence-corrected chi connectivity index (χ0v) is 23.1. The predicted molar refractivity (Wildman–Crippen MR) is 146 cm³/mol. The number of H-pyrrole nitrogens is 1. The lowest BCUT2D eigenvalue weighted by atomic mass is 9.88. The van der Waals surface area contributed by atoms with Crippen molar-refractivity contribution in [3.8, 4) is 23.2 Å². The lowest BCUT2D eigenvalue weighted by molar-refractivity contribution is -0.127. The number of piperidine rings is 1. The molecule has 1 saturated carbocycles. The minimum atomic E-state index is -0.570. The van der Waals surface area contributed by atoms with E-state index >= 15 is 0 Å². The molecule has 0 aromatic carbocycles. The number of rotatable bonds is 7. The summed E-state index contributed by atoms with van der Waals surface area (Å²) in [7, 11) is 1.44. The van der Waals surface area contributed by atoms with E-state index in [0.717, 1.165) is 24.7 Å².